The molecular formula is C19H16F3N5O2. The summed E-state index contributed by atoms with van der Waals surface area (Å²) < 4.78 is 42.2. The van der Waals surface area contributed by atoms with Crippen LogP contribution in [0.1, 0.15) is 16.2 Å². The summed E-state index contributed by atoms with van der Waals surface area (Å²) in [5.41, 5.74) is 0.634. The molecule has 1 saturated heterocycles. The van der Waals surface area contributed by atoms with Gasteiger partial charge in [0.15, 0.2) is 0 Å². The Hall–Kier alpha value is -3.43. The van der Waals surface area contributed by atoms with Gasteiger partial charge in [0, 0.05) is 43.5 Å². The zero-order chi connectivity index (χ0) is 20.4. The standard InChI is InChI=1S/C19H16F3N5O2/c20-19(21,22)18-24-16(25-29-18)13-4-3-5-14(12-13)17(28)27-10-8-26(9-11-27)15-6-1-2-7-23-15/h1-7,12H,8-11H2. The third-order valence-corrected chi connectivity index (χ3v) is 4.58. The van der Waals surface area contributed by atoms with Gasteiger partial charge in [-0.05, 0) is 24.3 Å². The summed E-state index contributed by atoms with van der Waals surface area (Å²) in [6, 6.07) is 11.9. The van der Waals surface area contributed by atoms with Crippen LogP contribution < -0.4 is 4.90 Å². The number of anilines is 1. The predicted octanol–water partition coefficient (Wildman–Crippen LogP) is 3.11. The smallest absolute Gasteiger partial charge is 0.353 e. The number of pyridine rings is 1. The lowest BCUT2D eigenvalue weighted by Gasteiger charge is -2.35. The van der Waals surface area contributed by atoms with Gasteiger partial charge in [-0.25, -0.2) is 4.98 Å². The van der Waals surface area contributed by atoms with Crippen molar-refractivity contribution in [3.63, 3.8) is 0 Å². The summed E-state index contributed by atoms with van der Waals surface area (Å²) in [5.74, 6) is -0.979. The minimum Gasteiger partial charge on any atom is -0.353 e. The molecule has 1 aromatic carbocycles. The minimum atomic E-state index is -4.72. The zero-order valence-electron chi connectivity index (χ0n) is 15.1. The Morgan fingerprint density at radius 1 is 1.03 bits per heavy atom. The van der Waals surface area contributed by atoms with Gasteiger partial charge in [0.25, 0.3) is 5.91 Å². The maximum Gasteiger partial charge on any atom is 0.471 e. The highest BCUT2D eigenvalue weighted by molar-refractivity contribution is 5.95. The van der Waals surface area contributed by atoms with E-state index in [1.165, 1.54) is 12.1 Å². The van der Waals surface area contributed by atoms with Crippen LogP contribution in [0.3, 0.4) is 0 Å². The van der Waals surface area contributed by atoms with E-state index in [0.717, 1.165) is 5.82 Å². The lowest BCUT2D eigenvalue weighted by atomic mass is 10.1. The fourth-order valence-electron chi connectivity index (χ4n) is 3.11. The van der Waals surface area contributed by atoms with Crippen LogP contribution in [0.2, 0.25) is 0 Å². The van der Waals surface area contributed by atoms with Crippen LogP contribution in [0, 0.1) is 0 Å². The second-order valence-corrected chi connectivity index (χ2v) is 6.47. The topological polar surface area (TPSA) is 75.4 Å². The van der Waals surface area contributed by atoms with Gasteiger partial charge < -0.3 is 14.3 Å². The van der Waals surface area contributed by atoms with E-state index in [4.69, 9.17) is 0 Å². The number of nitrogens with zero attached hydrogens (tertiary/aromatic N) is 5. The number of amides is 1. The molecule has 0 spiro atoms. The maximum absolute atomic E-state index is 12.8. The molecule has 0 aliphatic carbocycles. The molecule has 0 saturated carbocycles. The third kappa shape index (κ3) is 4.05. The number of halogens is 3. The first kappa shape index (κ1) is 18.9. The number of rotatable bonds is 3. The summed E-state index contributed by atoms with van der Waals surface area (Å²) >= 11 is 0. The molecule has 3 heterocycles. The van der Waals surface area contributed by atoms with Crippen molar-refractivity contribution in [3.8, 4) is 11.4 Å². The monoisotopic (exact) mass is 403 g/mol. The van der Waals surface area contributed by atoms with Gasteiger partial charge in [-0.3, -0.25) is 4.79 Å². The Balaban J connectivity index is 1.46. The van der Waals surface area contributed by atoms with Gasteiger partial charge in [-0.1, -0.05) is 23.4 Å². The second-order valence-electron chi connectivity index (χ2n) is 6.47. The molecule has 1 amide bonds. The van der Waals surface area contributed by atoms with E-state index in [0.29, 0.717) is 31.7 Å². The van der Waals surface area contributed by atoms with Crippen molar-refractivity contribution >= 4 is 11.7 Å². The van der Waals surface area contributed by atoms with Gasteiger partial charge >= 0.3 is 12.1 Å². The zero-order valence-corrected chi connectivity index (χ0v) is 15.1. The summed E-state index contributed by atoms with van der Waals surface area (Å²) in [6.45, 7) is 2.31. The molecule has 3 aromatic rings. The molecule has 4 rings (SSSR count). The Morgan fingerprint density at radius 3 is 2.48 bits per heavy atom. The number of aromatic nitrogens is 3. The summed E-state index contributed by atoms with van der Waals surface area (Å²) in [7, 11) is 0. The SMILES string of the molecule is O=C(c1cccc(-c2noc(C(F)(F)F)n2)c1)N1CCN(c2ccccn2)CC1. The minimum absolute atomic E-state index is 0.202. The molecule has 2 aromatic heterocycles. The molecule has 1 fully saturated rings. The molecule has 0 atom stereocenters. The van der Waals surface area contributed by atoms with Crippen LogP contribution in [-0.2, 0) is 6.18 Å². The molecule has 150 valence electrons. The average molecular weight is 403 g/mol. The lowest BCUT2D eigenvalue weighted by Crippen LogP contribution is -2.49. The van der Waals surface area contributed by atoms with Crippen LogP contribution in [0.15, 0.2) is 53.2 Å². The second kappa shape index (κ2) is 7.53. The quantitative estimate of drug-likeness (QED) is 0.669. The molecule has 0 radical (unpaired) electrons. The normalized spacial score (nSPS) is 14.9. The van der Waals surface area contributed by atoms with Gasteiger partial charge in [-0.15, -0.1) is 0 Å². The van der Waals surface area contributed by atoms with Gasteiger partial charge in [0.1, 0.15) is 5.82 Å². The Kier molecular flexibility index (Phi) is 4.91. The molecule has 29 heavy (non-hydrogen) atoms. The van der Waals surface area contributed by atoms with Crippen LogP contribution >= 0.6 is 0 Å². The van der Waals surface area contributed by atoms with Crippen LogP contribution in [0.5, 0.6) is 0 Å². The van der Waals surface area contributed by atoms with Gasteiger partial charge in [-0.2, -0.15) is 18.2 Å². The molecule has 0 unspecified atom stereocenters. The lowest BCUT2D eigenvalue weighted by molar-refractivity contribution is -0.159. The van der Waals surface area contributed by atoms with Crippen LogP contribution in [0.4, 0.5) is 19.0 Å². The Labute approximate surface area is 163 Å². The van der Waals surface area contributed by atoms with Crippen LogP contribution in [0.25, 0.3) is 11.4 Å². The van der Waals surface area contributed by atoms with E-state index in [9.17, 15) is 18.0 Å². The van der Waals surface area contributed by atoms with Crippen molar-refractivity contribution in [2.45, 2.75) is 6.18 Å². The van der Waals surface area contributed by atoms with E-state index >= 15 is 0 Å². The first-order valence-corrected chi connectivity index (χ1v) is 8.88. The van der Waals surface area contributed by atoms with Crippen molar-refractivity contribution in [2.75, 3.05) is 31.1 Å². The molecule has 10 heteroatoms. The van der Waals surface area contributed by atoms with E-state index in [1.807, 2.05) is 18.2 Å². The molecule has 0 bridgehead atoms. The number of hydrogen-bond donors (Lipinski definition) is 0. The fraction of sp³-hybridized carbons (Fsp3) is 0.263. The number of carbonyl (C=O) groups excluding carboxylic acids is 1. The first-order chi connectivity index (χ1) is 13.9. The fourth-order valence-corrected chi connectivity index (χ4v) is 3.11. The highest BCUT2D eigenvalue weighted by atomic mass is 19.4. The molecule has 7 nitrogen and oxygen atoms in total. The number of piperazine rings is 1. The van der Waals surface area contributed by atoms with E-state index in [2.05, 4.69) is 24.5 Å². The third-order valence-electron chi connectivity index (χ3n) is 4.58. The number of alkyl halides is 3. The summed E-state index contributed by atoms with van der Waals surface area (Å²) in [5, 5.41) is 3.36. The van der Waals surface area contributed by atoms with E-state index in [1.54, 1.807) is 23.2 Å². The molecular weight excluding hydrogens is 387 g/mol. The molecule has 1 aliphatic heterocycles. The first-order valence-electron chi connectivity index (χ1n) is 8.88. The molecule has 1 aliphatic rings. The van der Waals surface area contributed by atoms with Gasteiger partial charge in [0.2, 0.25) is 5.82 Å². The Morgan fingerprint density at radius 2 is 1.83 bits per heavy atom. The average Bonchev–Trinajstić information content (AvgIpc) is 3.25. The van der Waals surface area contributed by atoms with Crippen molar-refractivity contribution in [2.24, 2.45) is 0 Å². The highest BCUT2D eigenvalue weighted by Gasteiger charge is 2.38. The largest absolute Gasteiger partial charge is 0.471 e. The van der Waals surface area contributed by atoms with Crippen molar-refractivity contribution < 1.29 is 22.5 Å². The van der Waals surface area contributed by atoms with E-state index in [-0.39, 0.29) is 17.3 Å². The number of hydrogen-bond acceptors (Lipinski definition) is 6. The van der Waals surface area contributed by atoms with Crippen LogP contribution in [-0.4, -0.2) is 52.1 Å². The van der Waals surface area contributed by atoms with Crippen molar-refractivity contribution in [1.29, 1.82) is 0 Å². The number of carbonyl (C=O) groups is 1. The Bertz CT molecular complexity index is 998. The predicted molar refractivity (Wildman–Crippen MR) is 97.1 cm³/mol. The summed E-state index contributed by atoms with van der Waals surface area (Å²) in [4.78, 5) is 24.3. The van der Waals surface area contributed by atoms with Crippen molar-refractivity contribution in [1.82, 2.24) is 20.0 Å². The van der Waals surface area contributed by atoms with E-state index < -0.39 is 12.1 Å². The maximum atomic E-state index is 12.8. The molecule has 0 N–H and O–H groups in total. The summed E-state index contributed by atoms with van der Waals surface area (Å²) in [6.07, 6.45) is -2.99. The van der Waals surface area contributed by atoms with Crippen molar-refractivity contribution in [3.05, 3.63) is 60.1 Å². The highest BCUT2D eigenvalue weighted by Crippen LogP contribution is 2.29. The number of benzene rings is 1. The van der Waals surface area contributed by atoms with Gasteiger partial charge in [0.05, 0.1) is 0 Å².